The maximum Gasteiger partial charge on any atom is 0.128 e. The van der Waals surface area contributed by atoms with Crippen LogP contribution in [0.1, 0.15) is 17.3 Å². The third-order valence-electron chi connectivity index (χ3n) is 2.83. The highest BCUT2D eigenvalue weighted by molar-refractivity contribution is 5.99. The van der Waals surface area contributed by atoms with Crippen molar-refractivity contribution in [2.24, 2.45) is 9.98 Å². The Labute approximate surface area is 94.5 Å². The van der Waals surface area contributed by atoms with Gasteiger partial charge in [-0.15, -0.1) is 0 Å². The van der Waals surface area contributed by atoms with E-state index in [-0.39, 0.29) is 6.17 Å². The van der Waals surface area contributed by atoms with Crippen molar-refractivity contribution >= 4 is 12.1 Å². The third kappa shape index (κ3) is 1.72. The van der Waals surface area contributed by atoms with Gasteiger partial charge in [-0.1, -0.05) is 24.3 Å². The van der Waals surface area contributed by atoms with E-state index in [0.29, 0.717) is 0 Å². The minimum atomic E-state index is 0.132. The number of hydrogen-bond donors (Lipinski definition) is 2. The first kappa shape index (κ1) is 9.54. The summed E-state index contributed by atoms with van der Waals surface area (Å²) in [6, 6.07) is 8.42. The summed E-state index contributed by atoms with van der Waals surface area (Å²) in [6.07, 6.45) is 2.05. The fourth-order valence-electron chi connectivity index (χ4n) is 1.99. The molecule has 0 aliphatic carbocycles. The maximum absolute atomic E-state index is 4.39. The van der Waals surface area contributed by atoms with Crippen LogP contribution in [0.4, 0.5) is 0 Å². The van der Waals surface area contributed by atoms with Gasteiger partial charge in [0.1, 0.15) is 12.0 Å². The number of nitrogens with one attached hydrogen (secondary N) is 2. The number of amidine groups is 1. The van der Waals surface area contributed by atoms with Crippen LogP contribution >= 0.6 is 0 Å². The predicted molar refractivity (Wildman–Crippen MR) is 65.1 cm³/mol. The largest absolute Gasteiger partial charge is 0.368 e. The van der Waals surface area contributed by atoms with Crippen molar-refractivity contribution in [1.82, 2.24) is 10.6 Å². The zero-order valence-electron chi connectivity index (χ0n) is 8.98. The molecule has 1 unspecified atom stereocenters. The van der Waals surface area contributed by atoms with Crippen LogP contribution in [-0.2, 0) is 0 Å². The van der Waals surface area contributed by atoms with Crippen molar-refractivity contribution in [2.75, 3.05) is 19.6 Å². The molecule has 4 heteroatoms. The molecule has 0 aromatic heterocycles. The summed E-state index contributed by atoms with van der Waals surface area (Å²) in [6.45, 7) is 2.69. The molecule has 0 saturated heterocycles. The minimum Gasteiger partial charge on any atom is -0.368 e. The molecule has 16 heavy (non-hydrogen) atoms. The van der Waals surface area contributed by atoms with Crippen molar-refractivity contribution in [1.29, 1.82) is 0 Å². The molecule has 4 nitrogen and oxygen atoms in total. The summed E-state index contributed by atoms with van der Waals surface area (Å²) in [4.78, 5) is 8.74. The zero-order valence-corrected chi connectivity index (χ0v) is 8.98. The van der Waals surface area contributed by atoms with Gasteiger partial charge in [-0.2, -0.15) is 0 Å². The highest BCUT2D eigenvalue weighted by Crippen LogP contribution is 2.17. The van der Waals surface area contributed by atoms with Crippen LogP contribution in [0.3, 0.4) is 0 Å². The summed E-state index contributed by atoms with van der Waals surface area (Å²) in [7, 11) is 0. The van der Waals surface area contributed by atoms with Crippen LogP contribution in [0.15, 0.2) is 34.3 Å². The van der Waals surface area contributed by atoms with Gasteiger partial charge in [0, 0.05) is 24.9 Å². The molecule has 2 N–H and O–H groups in total. The second kappa shape index (κ2) is 4.06. The van der Waals surface area contributed by atoms with E-state index in [9.17, 15) is 0 Å². The lowest BCUT2D eigenvalue weighted by Gasteiger charge is -2.09. The number of nitrogens with zero attached hydrogens (tertiary/aromatic N) is 2. The predicted octanol–water partition coefficient (Wildman–Crippen LogP) is 0.709. The summed E-state index contributed by atoms with van der Waals surface area (Å²) < 4.78 is 0. The lowest BCUT2D eigenvalue weighted by Crippen LogP contribution is -2.19. The second-order valence-electron chi connectivity index (χ2n) is 3.92. The van der Waals surface area contributed by atoms with Crippen LogP contribution in [0.5, 0.6) is 0 Å². The molecule has 2 aliphatic heterocycles. The van der Waals surface area contributed by atoms with Gasteiger partial charge in [0.2, 0.25) is 0 Å². The van der Waals surface area contributed by atoms with Crippen molar-refractivity contribution in [3.05, 3.63) is 35.4 Å². The topological polar surface area (TPSA) is 48.8 Å². The Morgan fingerprint density at radius 1 is 1.19 bits per heavy atom. The first-order valence-electron chi connectivity index (χ1n) is 5.57. The van der Waals surface area contributed by atoms with Gasteiger partial charge < -0.3 is 5.32 Å². The standard InChI is InChI=1S/C12H14N4/c1-2-10(12-15-7-8-16-12)4-3-9(1)11-13-5-6-14-11/h1-5,11,14H,6-8H2,(H,15,16). The lowest BCUT2D eigenvalue weighted by atomic mass is 10.1. The highest BCUT2D eigenvalue weighted by Gasteiger charge is 2.13. The summed E-state index contributed by atoms with van der Waals surface area (Å²) >= 11 is 0. The monoisotopic (exact) mass is 214 g/mol. The van der Waals surface area contributed by atoms with E-state index < -0.39 is 0 Å². The van der Waals surface area contributed by atoms with Crippen LogP contribution < -0.4 is 10.6 Å². The average Bonchev–Trinajstić information content (AvgIpc) is 3.03. The van der Waals surface area contributed by atoms with Gasteiger partial charge >= 0.3 is 0 Å². The molecule has 0 spiro atoms. The zero-order chi connectivity index (χ0) is 10.8. The van der Waals surface area contributed by atoms with Gasteiger partial charge in [0.05, 0.1) is 6.54 Å². The Bertz CT molecular complexity index is 433. The van der Waals surface area contributed by atoms with Gasteiger partial charge in [0.25, 0.3) is 0 Å². The molecule has 0 bridgehead atoms. The quantitative estimate of drug-likeness (QED) is 0.761. The number of benzene rings is 1. The first-order chi connectivity index (χ1) is 7.93. The Morgan fingerprint density at radius 2 is 2.06 bits per heavy atom. The van der Waals surface area contributed by atoms with E-state index in [1.54, 1.807) is 0 Å². The minimum absolute atomic E-state index is 0.132. The summed E-state index contributed by atoms with van der Waals surface area (Å²) in [5, 5.41) is 6.56. The van der Waals surface area contributed by atoms with Crippen LogP contribution in [0.2, 0.25) is 0 Å². The van der Waals surface area contributed by atoms with Crippen LogP contribution in [0, 0.1) is 0 Å². The fraction of sp³-hybridized carbons (Fsp3) is 0.333. The molecule has 1 aromatic rings. The molecular formula is C12H14N4. The van der Waals surface area contributed by atoms with Crippen LogP contribution in [0.25, 0.3) is 0 Å². The van der Waals surface area contributed by atoms with E-state index in [1.165, 1.54) is 5.56 Å². The van der Waals surface area contributed by atoms with Gasteiger partial charge in [-0.3, -0.25) is 15.3 Å². The fourth-order valence-corrected chi connectivity index (χ4v) is 1.99. The van der Waals surface area contributed by atoms with Crippen LogP contribution in [-0.4, -0.2) is 31.7 Å². The lowest BCUT2D eigenvalue weighted by molar-refractivity contribution is 0.643. The summed E-state index contributed by atoms with van der Waals surface area (Å²) in [5.74, 6) is 1.01. The van der Waals surface area contributed by atoms with Crippen molar-refractivity contribution in [3.63, 3.8) is 0 Å². The van der Waals surface area contributed by atoms with E-state index in [1.807, 2.05) is 6.21 Å². The normalized spacial score (nSPS) is 23.2. The molecule has 0 saturated carbocycles. The molecule has 0 radical (unpaired) electrons. The number of hydrogen-bond acceptors (Lipinski definition) is 4. The van der Waals surface area contributed by atoms with Gasteiger partial charge in [0.15, 0.2) is 0 Å². The Kier molecular flexibility index (Phi) is 2.42. The second-order valence-corrected chi connectivity index (χ2v) is 3.92. The molecular weight excluding hydrogens is 200 g/mol. The number of aliphatic imine (C=N–C) groups is 2. The Hall–Kier alpha value is -1.68. The van der Waals surface area contributed by atoms with E-state index in [4.69, 9.17) is 0 Å². The van der Waals surface area contributed by atoms with E-state index in [0.717, 1.165) is 31.0 Å². The smallest absolute Gasteiger partial charge is 0.128 e. The maximum atomic E-state index is 4.39. The van der Waals surface area contributed by atoms with Crippen molar-refractivity contribution < 1.29 is 0 Å². The van der Waals surface area contributed by atoms with E-state index in [2.05, 4.69) is 44.9 Å². The molecule has 3 rings (SSSR count). The molecule has 1 atom stereocenters. The van der Waals surface area contributed by atoms with Crippen molar-refractivity contribution in [3.8, 4) is 0 Å². The van der Waals surface area contributed by atoms with Crippen molar-refractivity contribution in [2.45, 2.75) is 6.17 Å². The van der Waals surface area contributed by atoms with Gasteiger partial charge in [-0.05, 0) is 5.56 Å². The highest BCUT2D eigenvalue weighted by atomic mass is 15.1. The van der Waals surface area contributed by atoms with Gasteiger partial charge in [-0.25, -0.2) is 0 Å². The molecule has 1 aromatic carbocycles. The number of rotatable bonds is 2. The molecule has 0 fully saturated rings. The third-order valence-corrected chi connectivity index (χ3v) is 2.83. The molecule has 0 amide bonds. The molecule has 2 heterocycles. The first-order valence-corrected chi connectivity index (χ1v) is 5.57. The van der Waals surface area contributed by atoms with E-state index >= 15 is 0 Å². The SMILES string of the molecule is C1=NC(c2ccc(C3=NCCN3)cc2)NC1. The Morgan fingerprint density at radius 3 is 2.69 bits per heavy atom. The molecule has 82 valence electrons. The Balaban J connectivity index is 1.81. The average molecular weight is 214 g/mol. The summed E-state index contributed by atoms with van der Waals surface area (Å²) in [5.41, 5.74) is 2.36. The molecule has 2 aliphatic rings.